The van der Waals surface area contributed by atoms with Gasteiger partial charge in [-0.15, -0.1) is 0 Å². The van der Waals surface area contributed by atoms with Crippen molar-refractivity contribution >= 4 is 16.0 Å². The van der Waals surface area contributed by atoms with Gasteiger partial charge in [0.1, 0.15) is 5.84 Å². The van der Waals surface area contributed by atoms with Crippen molar-refractivity contribution in [1.82, 2.24) is 0 Å². The largest absolute Gasteiger partial charge is 0.409 e. The fourth-order valence-corrected chi connectivity index (χ4v) is 1.19. The first-order valence-electron chi connectivity index (χ1n) is 4.25. The number of hydrogen-bond donors (Lipinski definition) is 3. The van der Waals surface area contributed by atoms with Crippen LogP contribution < -0.4 is 5.73 Å². The van der Waals surface area contributed by atoms with Gasteiger partial charge in [0.05, 0.1) is 4.90 Å². The second-order valence-corrected chi connectivity index (χ2v) is 4.45. The molecule has 0 unspecified atom stereocenters. The molecule has 6 nitrogen and oxygen atoms in total. The number of rotatable bonds is 1. The summed E-state index contributed by atoms with van der Waals surface area (Å²) in [6.45, 7) is 3.34. The maximum Gasteiger partial charge on any atom is 0.294 e. The van der Waals surface area contributed by atoms with Crippen molar-refractivity contribution in [3.05, 3.63) is 29.8 Å². The number of nitrogens with two attached hydrogens (primary N) is 1. The van der Waals surface area contributed by atoms with Gasteiger partial charge in [-0.1, -0.05) is 22.9 Å². The van der Waals surface area contributed by atoms with Gasteiger partial charge in [-0.25, -0.2) is 0 Å². The van der Waals surface area contributed by atoms with Crippen LogP contribution in [0, 0.1) is 6.92 Å². The Morgan fingerprint density at radius 3 is 1.94 bits per heavy atom. The Hall–Kier alpha value is -1.60. The molecule has 0 heterocycles. The number of aryl methyl sites for hydroxylation is 1. The summed E-state index contributed by atoms with van der Waals surface area (Å²) in [5, 5.41) is 10.2. The number of amidine groups is 1. The second kappa shape index (κ2) is 6.09. The van der Waals surface area contributed by atoms with Gasteiger partial charge in [0, 0.05) is 0 Å². The zero-order chi connectivity index (χ0) is 12.8. The third-order valence-corrected chi connectivity index (χ3v) is 2.34. The third-order valence-electron chi connectivity index (χ3n) is 1.48. The SMILES string of the molecule is CC(N)=NO.Cc1ccc(S(=O)(=O)O)cc1. The van der Waals surface area contributed by atoms with E-state index in [2.05, 4.69) is 5.16 Å². The minimum atomic E-state index is -4.02. The Bertz CT molecular complexity index is 447. The zero-order valence-electron chi connectivity index (χ0n) is 8.95. The van der Waals surface area contributed by atoms with E-state index in [-0.39, 0.29) is 10.7 Å². The van der Waals surface area contributed by atoms with Crippen LogP contribution >= 0.6 is 0 Å². The highest BCUT2D eigenvalue weighted by Crippen LogP contribution is 2.08. The zero-order valence-corrected chi connectivity index (χ0v) is 9.77. The lowest BCUT2D eigenvalue weighted by atomic mass is 10.2. The molecule has 0 saturated heterocycles. The molecule has 0 aromatic heterocycles. The van der Waals surface area contributed by atoms with Gasteiger partial charge >= 0.3 is 0 Å². The van der Waals surface area contributed by atoms with E-state index < -0.39 is 10.1 Å². The molecule has 0 bridgehead atoms. The average Bonchev–Trinajstić information content (AvgIpc) is 2.18. The maximum absolute atomic E-state index is 10.5. The molecule has 0 spiro atoms. The molecule has 7 heteroatoms. The number of nitrogens with zero attached hydrogens (tertiary/aromatic N) is 1. The molecule has 90 valence electrons. The highest BCUT2D eigenvalue weighted by Gasteiger charge is 2.06. The van der Waals surface area contributed by atoms with Gasteiger partial charge in [-0.3, -0.25) is 4.55 Å². The number of hydrogen-bond acceptors (Lipinski definition) is 4. The first-order valence-corrected chi connectivity index (χ1v) is 5.69. The topological polar surface area (TPSA) is 113 Å². The first-order chi connectivity index (χ1) is 7.27. The number of benzene rings is 1. The van der Waals surface area contributed by atoms with E-state index in [9.17, 15) is 8.42 Å². The molecule has 0 aliphatic heterocycles. The Balaban J connectivity index is 0.000000385. The molecule has 0 aliphatic rings. The van der Waals surface area contributed by atoms with Crippen LogP contribution in [0.4, 0.5) is 0 Å². The molecular formula is C9H14N2O4S. The molecule has 0 amide bonds. The summed E-state index contributed by atoms with van der Waals surface area (Å²) in [4.78, 5) is -0.0666. The van der Waals surface area contributed by atoms with Gasteiger partial charge in [0.15, 0.2) is 0 Å². The predicted molar refractivity (Wildman–Crippen MR) is 60.1 cm³/mol. The molecule has 16 heavy (non-hydrogen) atoms. The van der Waals surface area contributed by atoms with Crippen LogP contribution in [0.3, 0.4) is 0 Å². The standard InChI is InChI=1S/C7H8O3S.C2H6N2O/c1-6-2-4-7(5-3-6)11(8,9)10;1-2(3)4-5/h2-5H,1H3,(H,8,9,10);5H,1H3,(H2,3,4). The Labute approximate surface area is 94.1 Å². The van der Waals surface area contributed by atoms with Crippen molar-refractivity contribution < 1.29 is 18.2 Å². The van der Waals surface area contributed by atoms with Gasteiger partial charge < -0.3 is 10.9 Å². The van der Waals surface area contributed by atoms with Crippen molar-refractivity contribution in [2.45, 2.75) is 18.7 Å². The molecule has 0 fully saturated rings. The molecule has 0 atom stereocenters. The summed E-state index contributed by atoms with van der Waals surface area (Å²) in [6, 6.07) is 5.99. The quantitative estimate of drug-likeness (QED) is 0.225. The van der Waals surface area contributed by atoms with E-state index in [0.717, 1.165) is 5.56 Å². The second-order valence-electron chi connectivity index (χ2n) is 3.03. The predicted octanol–water partition coefficient (Wildman–Crippen LogP) is 0.994. The van der Waals surface area contributed by atoms with Gasteiger partial charge in [-0.2, -0.15) is 8.42 Å². The fourth-order valence-electron chi connectivity index (χ4n) is 0.710. The summed E-state index contributed by atoms with van der Waals surface area (Å²) in [5.41, 5.74) is 5.75. The van der Waals surface area contributed by atoms with E-state index in [1.807, 2.05) is 6.92 Å². The van der Waals surface area contributed by atoms with Crippen LogP contribution in [-0.4, -0.2) is 24.0 Å². The molecule has 0 radical (unpaired) electrons. The Morgan fingerprint density at radius 1 is 1.31 bits per heavy atom. The molecule has 0 saturated carbocycles. The first kappa shape index (κ1) is 14.4. The molecule has 0 aliphatic carbocycles. The lowest BCUT2D eigenvalue weighted by Crippen LogP contribution is -2.03. The van der Waals surface area contributed by atoms with Crippen LogP contribution in [0.15, 0.2) is 34.3 Å². The van der Waals surface area contributed by atoms with Gasteiger partial charge in [0.2, 0.25) is 0 Å². The van der Waals surface area contributed by atoms with E-state index in [1.165, 1.54) is 19.1 Å². The van der Waals surface area contributed by atoms with E-state index in [4.69, 9.17) is 15.5 Å². The van der Waals surface area contributed by atoms with Crippen molar-refractivity contribution in [3.63, 3.8) is 0 Å². The lowest BCUT2D eigenvalue weighted by molar-refractivity contribution is 0.318. The Kier molecular flexibility index (Phi) is 5.48. The van der Waals surface area contributed by atoms with E-state index in [0.29, 0.717) is 0 Å². The highest BCUT2D eigenvalue weighted by atomic mass is 32.2. The summed E-state index contributed by atoms with van der Waals surface area (Å²) >= 11 is 0. The van der Waals surface area contributed by atoms with Crippen LogP contribution in [0.25, 0.3) is 0 Å². The van der Waals surface area contributed by atoms with Gasteiger partial charge in [-0.05, 0) is 26.0 Å². The monoisotopic (exact) mass is 246 g/mol. The minimum absolute atomic E-state index is 0.0666. The molecule has 4 N–H and O–H groups in total. The molecular weight excluding hydrogens is 232 g/mol. The van der Waals surface area contributed by atoms with Crippen molar-refractivity contribution in [1.29, 1.82) is 0 Å². The minimum Gasteiger partial charge on any atom is -0.409 e. The van der Waals surface area contributed by atoms with Crippen molar-refractivity contribution in [2.75, 3.05) is 0 Å². The summed E-state index contributed by atoms with van der Waals surface area (Å²) in [7, 11) is -4.02. The summed E-state index contributed by atoms with van der Waals surface area (Å²) in [6.07, 6.45) is 0. The fraction of sp³-hybridized carbons (Fsp3) is 0.222. The van der Waals surface area contributed by atoms with Crippen molar-refractivity contribution in [2.24, 2.45) is 10.9 Å². The highest BCUT2D eigenvalue weighted by molar-refractivity contribution is 7.85. The van der Waals surface area contributed by atoms with Gasteiger partial charge in [0.25, 0.3) is 10.1 Å². The van der Waals surface area contributed by atoms with Crippen LogP contribution in [0.5, 0.6) is 0 Å². The summed E-state index contributed by atoms with van der Waals surface area (Å²) < 4.78 is 29.6. The Morgan fingerprint density at radius 2 is 1.69 bits per heavy atom. The molecule has 1 aromatic carbocycles. The normalized spacial score (nSPS) is 11.6. The smallest absolute Gasteiger partial charge is 0.294 e. The molecule has 1 rings (SSSR count). The average molecular weight is 246 g/mol. The van der Waals surface area contributed by atoms with Crippen LogP contribution in [0.1, 0.15) is 12.5 Å². The summed E-state index contributed by atoms with van der Waals surface area (Å²) in [5.74, 6) is 0.185. The maximum atomic E-state index is 10.5. The van der Waals surface area contributed by atoms with E-state index >= 15 is 0 Å². The molecule has 1 aromatic rings. The third kappa shape index (κ3) is 5.99. The van der Waals surface area contributed by atoms with Crippen LogP contribution in [0.2, 0.25) is 0 Å². The van der Waals surface area contributed by atoms with Crippen LogP contribution in [-0.2, 0) is 10.1 Å². The van der Waals surface area contributed by atoms with E-state index in [1.54, 1.807) is 12.1 Å². The lowest BCUT2D eigenvalue weighted by Gasteiger charge is -1.95. The van der Waals surface area contributed by atoms with Crippen molar-refractivity contribution in [3.8, 4) is 0 Å². The number of oxime groups is 1.